The second-order valence-corrected chi connectivity index (χ2v) is 7.35. The Bertz CT molecular complexity index is 922. The Labute approximate surface area is 180 Å². The van der Waals surface area contributed by atoms with Crippen molar-refractivity contribution >= 4 is 23.4 Å². The van der Waals surface area contributed by atoms with Gasteiger partial charge in [0.05, 0.1) is 25.5 Å². The molecule has 2 aromatic rings. The summed E-state index contributed by atoms with van der Waals surface area (Å²) in [6.07, 6.45) is 2.73. The zero-order valence-electron chi connectivity index (χ0n) is 17.7. The Hall–Kier alpha value is -3.56. The lowest BCUT2D eigenvalue weighted by molar-refractivity contribution is 0.0912. The summed E-state index contributed by atoms with van der Waals surface area (Å²) < 4.78 is 25.0. The molecule has 1 fully saturated rings. The van der Waals surface area contributed by atoms with E-state index in [1.165, 1.54) is 30.3 Å². The van der Waals surface area contributed by atoms with Gasteiger partial charge in [-0.2, -0.15) is 0 Å². The Kier molecular flexibility index (Phi) is 7.11. The highest BCUT2D eigenvalue weighted by molar-refractivity contribution is 5.99. The fourth-order valence-electron chi connectivity index (χ4n) is 3.25. The molecule has 0 bridgehead atoms. The number of pyridine rings is 1. The molecular weight excluding hydrogens is 405 g/mol. The Balaban J connectivity index is 1.61. The van der Waals surface area contributed by atoms with Crippen molar-refractivity contribution in [1.29, 1.82) is 0 Å². The van der Waals surface area contributed by atoms with E-state index in [4.69, 9.17) is 9.47 Å². The monoisotopic (exact) mass is 431 g/mol. The Morgan fingerprint density at radius 2 is 1.97 bits per heavy atom. The van der Waals surface area contributed by atoms with Gasteiger partial charge in [-0.05, 0) is 25.0 Å². The van der Waals surface area contributed by atoms with Crippen LogP contribution in [0, 0.1) is 5.82 Å². The number of nitrogens with one attached hydrogen (secondary N) is 2. The summed E-state index contributed by atoms with van der Waals surface area (Å²) in [6.45, 7) is 1.08. The summed E-state index contributed by atoms with van der Waals surface area (Å²) in [5, 5.41) is 5.19. The van der Waals surface area contributed by atoms with Crippen LogP contribution in [-0.2, 0) is 0 Å². The van der Waals surface area contributed by atoms with Crippen LogP contribution in [0.2, 0.25) is 0 Å². The quantitative estimate of drug-likeness (QED) is 0.757. The maximum Gasteiger partial charge on any atom is 0.323 e. The second-order valence-electron chi connectivity index (χ2n) is 7.35. The van der Waals surface area contributed by atoms with E-state index in [0.29, 0.717) is 24.7 Å². The number of hydrogen-bond acceptors (Lipinski definition) is 5. The smallest absolute Gasteiger partial charge is 0.323 e. The summed E-state index contributed by atoms with van der Waals surface area (Å²) >= 11 is 0. The van der Waals surface area contributed by atoms with E-state index in [2.05, 4.69) is 15.6 Å². The van der Waals surface area contributed by atoms with Crippen molar-refractivity contribution in [3.8, 4) is 11.6 Å². The van der Waals surface area contributed by atoms with Gasteiger partial charge in [0.15, 0.2) is 0 Å². The maximum absolute atomic E-state index is 14.1. The van der Waals surface area contributed by atoms with Crippen LogP contribution in [0.3, 0.4) is 0 Å². The van der Waals surface area contributed by atoms with Crippen molar-refractivity contribution in [2.45, 2.75) is 18.9 Å². The van der Waals surface area contributed by atoms with Crippen LogP contribution >= 0.6 is 0 Å². The molecule has 1 unspecified atom stereocenters. The molecule has 9 nitrogen and oxygen atoms in total. The van der Waals surface area contributed by atoms with Gasteiger partial charge in [0.1, 0.15) is 17.7 Å². The lowest BCUT2D eigenvalue weighted by Gasteiger charge is -2.34. The number of anilines is 2. The van der Waals surface area contributed by atoms with Crippen LogP contribution in [0.4, 0.5) is 25.4 Å². The molecule has 4 amide bonds. The molecule has 0 aliphatic carbocycles. The first-order valence-corrected chi connectivity index (χ1v) is 9.85. The highest BCUT2D eigenvalue weighted by Gasteiger charge is 2.26. The van der Waals surface area contributed by atoms with Crippen LogP contribution in [0.25, 0.3) is 0 Å². The normalized spacial score (nSPS) is 15.7. The standard InChI is InChI=1S/C21H26FN5O4/c1-26(2)21(29)27-8-4-5-17(13-27)31-18-10-14(22)9-16(11-18)25-20(28)24-15-6-7-19(30-3)23-12-15/h6-7,9-12,17H,4-5,8,13H2,1-3H3,(H2,24,25,28). The van der Waals surface area contributed by atoms with Gasteiger partial charge in [-0.3, -0.25) is 0 Å². The average Bonchev–Trinajstić information content (AvgIpc) is 2.73. The largest absolute Gasteiger partial charge is 0.488 e. The number of carbonyl (C=O) groups is 2. The van der Waals surface area contributed by atoms with Crippen LogP contribution in [0.1, 0.15) is 12.8 Å². The van der Waals surface area contributed by atoms with E-state index in [1.54, 1.807) is 37.2 Å². The summed E-state index contributed by atoms with van der Waals surface area (Å²) in [5.74, 6) is 0.160. The number of halogens is 1. The maximum atomic E-state index is 14.1. The first-order valence-electron chi connectivity index (χ1n) is 9.85. The topological polar surface area (TPSA) is 96.0 Å². The third-order valence-electron chi connectivity index (χ3n) is 4.67. The summed E-state index contributed by atoms with van der Waals surface area (Å²) in [5.41, 5.74) is 0.699. The number of benzene rings is 1. The third kappa shape index (κ3) is 6.21. The first-order chi connectivity index (χ1) is 14.8. The molecule has 2 heterocycles. The number of hydrogen-bond donors (Lipinski definition) is 2. The van der Waals surface area contributed by atoms with Crippen molar-refractivity contribution in [2.75, 3.05) is 44.9 Å². The van der Waals surface area contributed by atoms with E-state index in [0.717, 1.165) is 12.8 Å². The van der Waals surface area contributed by atoms with Gasteiger partial charge in [0, 0.05) is 44.5 Å². The van der Waals surface area contributed by atoms with E-state index < -0.39 is 11.8 Å². The minimum Gasteiger partial charge on any atom is -0.488 e. The number of urea groups is 2. The Morgan fingerprint density at radius 3 is 2.65 bits per heavy atom. The fourth-order valence-corrected chi connectivity index (χ4v) is 3.25. The fraction of sp³-hybridized carbons (Fsp3) is 0.381. The van der Waals surface area contributed by atoms with Crippen molar-refractivity contribution in [3.63, 3.8) is 0 Å². The van der Waals surface area contributed by atoms with Gasteiger partial charge in [-0.15, -0.1) is 0 Å². The van der Waals surface area contributed by atoms with E-state index in [-0.39, 0.29) is 23.6 Å². The molecule has 0 radical (unpaired) electrons. The molecule has 3 rings (SSSR count). The number of ether oxygens (including phenoxy) is 2. The molecule has 10 heteroatoms. The van der Waals surface area contributed by atoms with E-state index in [9.17, 15) is 14.0 Å². The van der Waals surface area contributed by atoms with Crippen LogP contribution in [0.5, 0.6) is 11.6 Å². The van der Waals surface area contributed by atoms with Gasteiger partial charge < -0.3 is 29.9 Å². The molecule has 1 atom stereocenters. The molecule has 2 N–H and O–H groups in total. The number of aromatic nitrogens is 1. The first kappa shape index (κ1) is 22.1. The van der Waals surface area contributed by atoms with Crippen molar-refractivity contribution in [1.82, 2.24) is 14.8 Å². The predicted molar refractivity (Wildman–Crippen MR) is 114 cm³/mol. The molecule has 0 spiro atoms. The molecular formula is C21H26FN5O4. The zero-order chi connectivity index (χ0) is 22.4. The number of nitrogens with zero attached hydrogens (tertiary/aromatic N) is 3. The molecule has 1 aromatic carbocycles. The SMILES string of the molecule is COc1ccc(NC(=O)Nc2cc(F)cc(OC3CCCN(C(=O)N(C)C)C3)c2)cn1. The molecule has 1 aromatic heterocycles. The average molecular weight is 431 g/mol. The van der Waals surface area contributed by atoms with Crippen LogP contribution in [0.15, 0.2) is 36.5 Å². The second kappa shape index (κ2) is 9.96. The number of piperidine rings is 1. The molecule has 166 valence electrons. The van der Waals surface area contributed by atoms with Crippen LogP contribution in [-0.4, -0.2) is 67.2 Å². The van der Waals surface area contributed by atoms with Crippen molar-refractivity contribution in [3.05, 3.63) is 42.3 Å². The Morgan fingerprint density at radius 1 is 1.19 bits per heavy atom. The van der Waals surface area contributed by atoms with Crippen molar-refractivity contribution in [2.24, 2.45) is 0 Å². The van der Waals surface area contributed by atoms with Gasteiger partial charge in [0.2, 0.25) is 5.88 Å². The van der Waals surface area contributed by atoms with Crippen molar-refractivity contribution < 1.29 is 23.5 Å². The minimum atomic E-state index is -0.552. The minimum absolute atomic E-state index is 0.0837. The number of rotatable bonds is 5. The number of carbonyl (C=O) groups excluding carboxylic acids is 2. The van der Waals surface area contributed by atoms with Gasteiger partial charge >= 0.3 is 12.1 Å². The molecule has 1 aliphatic heterocycles. The number of methoxy groups -OCH3 is 1. The van der Waals surface area contributed by atoms with E-state index in [1.807, 2.05) is 0 Å². The lowest BCUT2D eigenvalue weighted by Crippen LogP contribution is -2.48. The van der Waals surface area contributed by atoms with Gasteiger partial charge in [-0.25, -0.2) is 19.0 Å². The molecule has 31 heavy (non-hydrogen) atoms. The summed E-state index contributed by atoms with van der Waals surface area (Å²) in [4.78, 5) is 31.7. The molecule has 1 aliphatic rings. The number of likely N-dealkylation sites (tertiary alicyclic amines) is 1. The zero-order valence-corrected chi connectivity index (χ0v) is 17.7. The van der Waals surface area contributed by atoms with Gasteiger partial charge in [0.25, 0.3) is 0 Å². The third-order valence-corrected chi connectivity index (χ3v) is 4.67. The highest BCUT2D eigenvalue weighted by Crippen LogP contribution is 2.24. The van der Waals surface area contributed by atoms with Crippen LogP contribution < -0.4 is 20.1 Å². The molecule has 0 saturated carbocycles. The summed E-state index contributed by atoms with van der Waals surface area (Å²) in [6, 6.07) is 6.60. The lowest BCUT2D eigenvalue weighted by atomic mass is 10.1. The highest BCUT2D eigenvalue weighted by atomic mass is 19.1. The molecule has 1 saturated heterocycles. The van der Waals surface area contributed by atoms with Gasteiger partial charge in [-0.1, -0.05) is 0 Å². The predicted octanol–water partition coefficient (Wildman–Crippen LogP) is 3.40. The summed E-state index contributed by atoms with van der Waals surface area (Å²) in [7, 11) is 4.89. The van der Waals surface area contributed by atoms with E-state index >= 15 is 0 Å². The number of amides is 4.